The molecule has 0 spiro atoms. The van der Waals surface area contributed by atoms with E-state index in [0.29, 0.717) is 11.0 Å². The first kappa shape index (κ1) is 16.0. The van der Waals surface area contributed by atoms with Crippen molar-refractivity contribution in [2.45, 2.75) is 44.4 Å². The molecule has 0 atom stereocenters. The van der Waals surface area contributed by atoms with Gasteiger partial charge in [0, 0.05) is 5.38 Å². The summed E-state index contributed by atoms with van der Waals surface area (Å²) < 4.78 is 27.2. The van der Waals surface area contributed by atoms with Gasteiger partial charge in [0.15, 0.2) is 5.13 Å². The van der Waals surface area contributed by atoms with Crippen LogP contribution in [0.2, 0.25) is 0 Å². The molecule has 1 aromatic carbocycles. The van der Waals surface area contributed by atoms with Crippen molar-refractivity contribution in [2.75, 3.05) is 4.72 Å². The molecule has 0 radical (unpaired) electrons. The number of anilines is 1. The summed E-state index contributed by atoms with van der Waals surface area (Å²) in [5, 5.41) is 2.29. The second kappa shape index (κ2) is 6.15. The van der Waals surface area contributed by atoms with Crippen molar-refractivity contribution >= 4 is 26.5 Å². The van der Waals surface area contributed by atoms with Gasteiger partial charge in [-0.2, -0.15) is 0 Å². The SMILES string of the molecule is CC(C)c1ccc(S(=O)(=O)Nc2nc(C(C)C)cs2)cc1. The van der Waals surface area contributed by atoms with Crippen molar-refractivity contribution in [2.24, 2.45) is 0 Å². The predicted octanol–water partition coefficient (Wildman–Crippen LogP) is 4.19. The van der Waals surface area contributed by atoms with Gasteiger partial charge >= 0.3 is 0 Å². The van der Waals surface area contributed by atoms with Crippen molar-refractivity contribution < 1.29 is 8.42 Å². The van der Waals surface area contributed by atoms with Crippen LogP contribution < -0.4 is 4.72 Å². The Kier molecular flexibility index (Phi) is 4.68. The molecule has 0 amide bonds. The van der Waals surface area contributed by atoms with E-state index < -0.39 is 10.0 Å². The van der Waals surface area contributed by atoms with Crippen LogP contribution in [0.1, 0.15) is 50.8 Å². The Morgan fingerprint density at radius 2 is 1.67 bits per heavy atom. The number of nitrogens with one attached hydrogen (secondary N) is 1. The Morgan fingerprint density at radius 3 is 2.14 bits per heavy atom. The Labute approximate surface area is 130 Å². The topological polar surface area (TPSA) is 59.1 Å². The van der Waals surface area contributed by atoms with Crippen LogP contribution in [0.4, 0.5) is 5.13 Å². The predicted molar refractivity (Wildman–Crippen MR) is 87.5 cm³/mol. The lowest BCUT2D eigenvalue weighted by Gasteiger charge is -2.08. The number of sulfonamides is 1. The summed E-state index contributed by atoms with van der Waals surface area (Å²) in [5.41, 5.74) is 2.01. The average Bonchev–Trinajstić information content (AvgIpc) is 2.87. The monoisotopic (exact) mass is 324 g/mol. The molecule has 0 saturated carbocycles. The third-order valence-electron chi connectivity index (χ3n) is 3.19. The Morgan fingerprint density at radius 1 is 1.05 bits per heavy atom. The fourth-order valence-corrected chi connectivity index (χ4v) is 3.93. The maximum Gasteiger partial charge on any atom is 0.263 e. The molecular formula is C15H20N2O2S2. The van der Waals surface area contributed by atoms with E-state index in [4.69, 9.17) is 0 Å². The smallest absolute Gasteiger partial charge is 0.255 e. The van der Waals surface area contributed by atoms with E-state index in [-0.39, 0.29) is 10.8 Å². The van der Waals surface area contributed by atoms with Crippen molar-refractivity contribution in [1.82, 2.24) is 4.98 Å². The van der Waals surface area contributed by atoms with E-state index >= 15 is 0 Å². The molecule has 0 aliphatic heterocycles. The summed E-state index contributed by atoms with van der Waals surface area (Å²) in [6.45, 7) is 8.20. The lowest BCUT2D eigenvalue weighted by molar-refractivity contribution is 0.601. The van der Waals surface area contributed by atoms with Gasteiger partial charge in [0.2, 0.25) is 0 Å². The van der Waals surface area contributed by atoms with Crippen LogP contribution in [0, 0.1) is 0 Å². The number of hydrogen-bond acceptors (Lipinski definition) is 4. The zero-order valence-electron chi connectivity index (χ0n) is 12.6. The summed E-state index contributed by atoms with van der Waals surface area (Å²) in [5.74, 6) is 0.659. The van der Waals surface area contributed by atoms with Gasteiger partial charge in [0.25, 0.3) is 10.0 Å². The number of rotatable bonds is 5. The standard InChI is InChI=1S/C15H20N2O2S2/c1-10(2)12-5-7-13(8-6-12)21(18,19)17-15-16-14(9-20-15)11(3)4/h5-11H,1-4H3,(H,16,17). The maximum atomic E-state index is 12.3. The normalized spacial score (nSPS) is 12.1. The molecule has 6 heteroatoms. The van der Waals surface area contributed by atoms with Gasteiger partial charge in [-0.1, -0.05) is 39.8 Å². The lowest BCUT2D eigenvalue weighted by Crippen LogP contribution is -2.13. The minimum Gasteiger partial charge on any atom is -0.255 e. The first-order valence-corrected chi connectivity index (χ1v) is 9.24. The minimum atomic E-state index is -3.57. The van der Waals surface area contributed by atoms with E-state index in [0.717, 1.165) is 11.3 Å². The molecule has 1 N–H and O–H groups in total. The first-order chi connectivity index (χ1) is 9.79. The molecule has 0 saturated heterocycles. The molecule has 2 rings (SSSR count). The van der Waals surface area contributed by atoms with Crippen molar-refractivity contribution in [3.8, 4) is 0 Å². The fraction of sp³-hybridized carbons (Fsp3) is 0.400. The minimum absolute atomic E-state index is 0.258. The molecule has 114 valence electrons. The van der Waals surface area contributed by atoms with E-state index in [1.807, 2.05) is 31.4 Å². The highest BCUT2D eigenvalue weighted by Gasteiger charge is 2.17. The molecule has 0 bridgehead atoms. The molecule has 0 unspecified atom stereocenters. The Bertz CT molecular complexity index is 702. The second-order valence-corrected chi connectivity index (χ2v) is 8.10. The molecule has 4 nitrogen and oxygen atoms in total. The van der Waals surface area contributed by atoms with Crippen LogP contribution in [-0.2, 0) is 10.0 Å². The third-order valence-corrected chi connectivity index (χ3v) is 5.45. The van der Waals surface area contributed by atoms with E-state index in [9.17, 15) is 8.42 Å². The lowest BCUT2D eigenvalue weighted by atomic mass is 10.0. The molecule has 0 aliphatic rings. The zero-order valence-corrected chi connectivity index (χ0v) is 14.3. The fourth-order valence-electron chi connectivity index (χ4n) is 1.80. The highest BCUT2D eigenvalue weighted by atomic mass is 32.2. The molecular weight excluding hydrogens is 304 g/mol. The van der Waals surface area contributed by atoms with Crippen LogP contribution in [0.25, 0.3) is 0 Å². The number of nitrogens with zero attached hydrogens (tertiary/aromatic N) is 1. The van der Waals surface area contributed by atoms with Gasteiger partial charge in [0.1, 0.15) is 0 Å². The van der Waals surface area contributed by atoms with Crippen LogP contribution >= 0.6 is 11.3 Å². The van der Waals surface area contributed by atoms with Gasteiger partial charge in [-0.3, -0.25) is 4.72 Å². The number of aromatic nitrogens is 1. The van der Waals surface area contributed by atoms with Crippen molar-refractivity contribution in [3.63, 3.8) is 0 Å². The van der Waals surface area contributed by atoms with Crippen LogP contribution in [0.5, 0.6) is 0 Å². The summed E-state index contributed by atoms with van der Waals surface area (Å²) in [6.07, 6.45) is 0. The largest absolute Gasteiger partial charge is 0.263 e. The molecule has 2 aromatic rings. The van der Waals surface area contributed by atoms with Gasteiger partial charge in [0.05, 0.1) is 10.6 Å². The van der Waals surface area contributed by atoms with Crippen LogP contribution in [0.3, 0.4) is 0 Å². The van der Waals surface area contributed by atoms with E-state index in [1.54, 1.807) is 12.1 Å². The third kappa shape index (κ3) is 3.83. The Hall–Kier alpha value is -1.40. The Balaban J connectivity index is 2.21. The summed E-state index contributed by atoms with van der Waals surface area (Å²) in [4.78, 5) is 4.55. The van der Waals surface area contributed by atoms with E-state index in [1.165, 1.54) is 11.3 Å². The highest BCUT2D eigenvalue weighted by molar-refractivity contribution is 7.93. The molecule has 1 aromatic heterocycles. The molecule has 0 fully saturated rings. The highest BCUT2D eigenvalue weighted by Crippen LogP contribution is 2.24. The second-order valence-electron chi connectivity index (χ2n) is 5.56. The van der Waals surface area contributed by atoms with Crippen molar-refractivity contribution in [3.05, 3.63) is 40.9 Å². The van der Waals surface area contributed by atoms with Gasteiger partial charge in [-0.15, -0.1) is 11.3 Å². The van der Waals surface area contributed by atoms with Crippen LogP contribution in [0.15, 0.2) is 34.5 Å². The zero-order chi connectivity index (χ0) is 15.6. The first-order valence-electron chi connectivity index (χ1n) is 6.88. The molecule has 1 heterocycles. The quantitative estimate of drug-likeness (QED) is 0.897. The van der Waals surface area contributed by atoms with Gasteiger partial charge in [-0.25, -0.2) is 13.4 Å². The maximum absolute atomic E-state index is 12.3. The summed E-state index contributed by atoms with van der Waals surface area (Å²) in [6, 6.07) is 6.96. The summed E-state index contributed by atoms with van der Waals surface area (Å²) >= 11 is 1.31. The molecule has 0 aliphatic carbocycles. The van der Waals surface area contributed by atoms with Crippen molar-refractivity contribution in [1.29, 1.82) is 0 Å². The summed E-state index contributed by atoms with van der Waals surface area (Å²) in [7, 11) is -3.57. The molecule has 21 heavy (non-hydrogen) atoms. The number of benzene rings is 1. The van der Waals surface area contributed by atoms with Gasteiger partial charge in [-0.05, 0) is 29.5 Å². The van der Waals surface area contributed by atoms with E-state index in [2.05, 4.69) is 23.6 Å². The van der Waals surface area contributed by atoms with Crippen LogP contribution in [-0.4, -0.2) is 13.4 Å². The van der Waals surface area contributed by atoms with Gasteiger partial charge < -0.3 is 0 Å². The number of hydrogen-bond donors (Lipinski definition) is 1. The number of thiazole rings is 1. The average molecular weight is 324 g/mol.